The molecule has 0 aliphatic rings. The number of methoxy groups -OCH3 is 1. The van der Waals surface area contributed by atoms with E-state index in [2.05, 4.69) is 37.0 Å². The van der Waals surface area contributed by atoms with Crippen LogP contribution >= 0.6 is 31.9 Å². The Morgan fingerprint density at radius 2 is 1.83 bits per heavy atom. The molecule has 6 nitrogen and oxygen atoms in total. The predicted octanol–water partition coefficient (Wildman–Crippen LogP) is 6.83. The quantitative estimate of drug-likeness (QED) is 0.223. The van der Waals surface area contributed by atoms with Crippen molar-refractivity contribution >= 4 is 49.0 Å². The zero-order valence-corrected chi connectivity index (χ0v) is 23.4. The first kappa shape index (κ1) is 26.0. The fraction of sp³-hybridized carbons (Fsp3) is 0.222. The standard InChI is InChI=1S/C27H24Br2FN3O3/c1-27(2,3)26-32-22-10-9-18(28)12-20(22)25(34)33(26)31-14-17-11-19(29)13-23(35-4)24(17)36-15-16-7-5-6-8-21(16)30/h5-14H,15H2,1-4H3. The Balaban J connectivity index is 1.83. The molecule has 36 heavy (non-hydrogen) atoms. The van der Waals surface area contributed by atoms with E-state index in [1.54, 1.807) is 42.5 Å². The number of aromatic nitrogens is 2. The molecule has 1 heterocycles. The Kier molecular flexibility index (Phi) is 7.61. The van der Waals surface area contributed by atoms with Crippen LogP contribution in [-0.2, 0) is 12.0 Å². The highest BCUT2D eigenvalue weighted by atomic mass is 79.9. The van der Waals surface area contributed by atoms with E-state index in [1.165, 1.54) is 24.1 Å². The molecule has 4 rings (SSSR count). The highest BCUT2D eigenvalue weighted by molar-refractivity contribution is 9.10. The van der Waals surface area contributed by atoms with Crippen molar-refractivity contribution in [2.75, 3.05) is 7.11 Å². The first-order valence-corrected chi connectivity index (χ1v) is 12.7. The van der Waals surface area contributed by atoms with Gasteiger partial charge in [0.25, 0.3) is 5.56 Å². The summed E-state index contributed by atoms with van der Waals surface area (Å²) in [7, 11) is 1.52. The summed E-state index contributed by atoms with van der Waals surface area (Å²) >= 11 is 6.90. The molecule has 0 saturated heterocycles. The minimum Gasteiger partial charge on any atom is -0.493 e. The van der Waals surface area contributed by atoms with Crippen molar-refractivity contribution in [3.63, 3.8) is 0 Å². The van der Waals surface area contributed by atoms with Gasteiger partial charge in [0.15, 0.2) is 11.5 Å². The van der Waals surface area contributed by atoms with Crippen molar-refractivity contribution in [1.29, 1.82) is 0 Å². The summed E-state index contributed by atoms with van der Waals surface area (Å²) in [6.07, 6.45) is 1.52. The van der Waals surface area contributed by atoms with Gasteiger partial charge >= 0.3 is 0 Å². The van der Waals surface area contributed by atoms with E-state index in [0.717, 1.165) is 8.95 Å². The van der Waals surface area contributed by atoms with E-state index in [-0.39, 0.29) is 18.0 Å². The first-order chi connectivity index (χ1) is 17.1. The van der Waals surface area contributed by atoms with Gasteiger partial charge in [-0.05, 0) is 36.4 Å². The molecule has 0 unspecified atom stereocenters. The molecule has 0 spiro atoms. The zero-order valence-electron chi connectivity index (χ0n) is 20.2. The lowest BCUT2D eigenvalue weighted by atomic mass is 9.95. The van der Waals surface area contributed by atoms with E-state index in [4.69, 9.17) is 14.5 Å². The van der Waals surface area contributed by atoms with Crippen molar-refractivity contribution in [3.05, 3.63) is 96.7 Å². The van der Waals surface area contributed by atoms with Crippen molar-refractivity contribution < 1.29 is 13.9 Å². The molecule has 0 amide bonds. The molecule has 3 aromatic carbocycles. The van der Waals surface area contributed by atoms with Crippen LogP contribution in [0.1, 0.15) is 37.7 Å². The maximum atomic E-state index is 14.2. The molecule has 0 fully saturated rings. The third-order valence-electron chi connectivity index (χ3n) is 5.39. The summed E-state index contributed by atoms with van der Waals surface area (Å²) in [4.78, 5) is 18.2. The second kappa shape index (κ2) is 10.5. The molecule has 0 aliphatic heterocycles. The lowest BCUT2D eigenvalue weighted by Gasteiger charge is -2.21. The van der Waals surface area contributed by atoms with Gasteiger partial charge in [0.2, 0.25) is 0 Å². The van der Waals surface area contributed by atoms with Gasteiger partial charge in [-0.1, -0.05) is 70.8 Å². The van der Waals surface area contributed by atoms with Crippen LogP contribution in [0.25, 0.3) is 10.9 Å². The van der Waals surface area contributed by atoms with Crippen LogP contribution in [0.2, 0.25) is 0 Å². The largest absolute Gasteiger partial charge is 0.493 e. The van der Waals surface area contributed by atoms with Gasteiger partial charge in [0.05, 0.1) is 24.2 Å². The zero-order chi connectivity index (χ0) is 26.0. The third-order valence-corrected chi connectivity index (χ3v) is 6.34. The number of hydrogen-bond acceptors (Lipinski definition) is 5. The van der Waals surface area contributed by atoms with Crippen LogP contribution in [0.3, 0.4) is 0 Å². The molecule has 0 radical (unpaired) electrons. The number of benzene rings is 3. The molecule has 0 N–H and O–H groups in total. The van der Waals surface area contributed by atoms with Crippen molar-refractivity contribution in [3.8, 4) is 11.5 Å². The Morgan fingerprint density at radius 1 is 1.08 bits per heavy atom. The van der Waals surface area contributed by atoms with Gasteiger partial charge in [-0.15, -0.1) is 0 Å². The molecular formula is C27H24Br2FN3O3. The van der Waals surface area contributed by atoms with E-state index in [0.29, 0.717) is 39.4 Å². The Labute approximate surface area is 225 Å². The molecule has 0 atom stereocenters. The summed E-state index contributed by atoms with van der Waals surface area (Å²) in [5.74, 6) is 0.952. The topological polar surface area (TPSA) is 65.7 Å². The number of halogens is 3. The maximum absolute atomic E-state index is 14.2. The lowest BCUT2D eigenvalue weighted by Crippen LogP contribution is -2.29. The van der Waals surface area contributed by atoms with Gasteiger partial charge in [-0.3, -0.25) is 4.79 Å². The molecule has 0 aliphatic carbocycles. The SMILES string of the molecule is COc1cc(Br)cc(C=Nn2c(C(C)(C)C)nc3ccc(Br)cc3c2=O)c1OCc1ccccc1F. The third kappa shape index (κ3) is 5.52. The van der Waals surface area contributed by atoms with Gasteiger partial charge in [-0.2, -0.15) is 9.78 Å². The highest BCUT2D eigenvalue weighted by Gasteiger charge is 2.23. The van der Waals surface area contributed by atoms with Crippen LogP contribution in [0, 0.1) is 5.82 Å². The summed E-state index contributed by atoms with van der Waals surface area (Å²) in [6.45, 7) is 5.90. The molecule has 4 aromatic rings. The Hall–Kier alpha value is -3.04. The minimum atomic E-state index is -0.461. The first-order valence-electron chi connectivity index (χ1n) is 11.1. The molecular weight excluding hydrogens is 593 g/mol. The number of rotatable bonds is 6. The van der Waals surface area contributed by atoms with Crippen LogP contribution in [-0.4, -0.2) is 23.0 Å². The molecule has 0 saturated carbocycles. The van der Waals surface area contributed by atoms with Crippen molar-refractivity contribution in [2.24, 2.45) is 5.10 Å². The van der Waals surface area contributed by atoms with Gasteiger partial charge in [0, 0.05) is 25.5 Å². The summed E-state index contributed by atoms with van der Waals surface area (Å²) < 4.78 is 28.5. The number of fused-ring (bicyclic) bond motifs is 1. The van der Waals surface area contributed by atoms with Crippen LogP contribution < -0.4 is 15.0 Å². The summed E-state index contributed by atoms with van der Waals surface area (Å²) in [6, 6.07) is 15.3. The average Bonchev–Trinajstić information content (AvgIpc) is 2.83. The summed E-state index contributed by atoms with van der Waals surface area (Å²) in [5, 5.41) is 4.98. The van der Waals surface area contributed by atoms with E-state index >= 15 is 0 Å². The van der Waals surface area contributed by atoms with Crippen LogP contribution in [0.4, 0.5) is 4.39 Å². The van der Waals surface area contributed by atoms with Crippen LogP contribution in [0.15, 0.2) is 73.4 Å². The fourth-order valence-corrected chi connectivity index (χ4v) is 4.43. The molecule has 9 heteroatoms. The van der Waals surface area contributed by atoms with Crippen molar-refractivity contribution in [2.45, 2.75) is 32.8 Å². The predicted molar refractivity (Wildman–Crippen MR) is 147 cm³/mol. The van der Waals surface area contributed by atoms with E-state index in [9.17, 15) is 9.18 Å². The number of hydrogen-bond donors (Lipinski definition) is 0. The lowest BCUT2D eigenvalue weighted by molar-refractivity contribution is 0.279. The molecule has 1 aromatic heterocycles. The van der Waals surface area contributed by atoms with Gasteiger partial charge in [-0.25, -0.2) is 9.37 Å². The number of ether oxygens (including phenoxy) is 2. The van der Waals surface area contributed by atoms with Gasteiger partial charge < -0.3 is 9.47 Å². The monoisotopic (exact) mass is 615 g/mol. The second-order valence-electron chi connectivity index (χ2n) is 9.11. The second-order valence-corrected chi connectivity index (χ2v) is 10.9. The van der Waals surface area contributed by atoms with E-state index in [1.807, 2.05) is 26.8 Å². The number of nitrogens with zero attached hydrogens (tertiary/aromatic N) is 3. The van der Waals surface area contributed by atoms with Crippen molar-refractivity contribution in [1.82, 2.24) is 9.66 Å². The minimum absolute atomic E-state index is 0.00967. The fourth-order valence-electron chi connectivity index (χ4n) is 3.62. The highest BCUT2D eigenvalue weighted by Crippen LogP contribution is 2.35. The molecule has 186 valence electrons. The van der Waals surface area contributed by atoms with E-state index < -0.39 is 5.41 Å². The van der Waals surface area contributed by atoms with Crippen LogP contribution in [0.5, 0.6) is 11.5 Å². The average molecular weight is 617 g/mol. The maximum Gasteiger partial charge on any atom is 0.282 e. The van der Waals surface area contributed by atoms with Gasteiger partial charge in [0.1, 0.15) is 18.2 Å². The molecule has 0 bridgehead atoms. The Morgan fingerprint density at radius 3 is 2.53 bits per heavy atom. The Bertz CT molecular complexity index is 1530. The smallest absolute Gasteiger partial charge is 0.282 e. The normalized spacial score (nSPS) is 11.9. The summed E-state index contributed by atoms with van der Waals surface area (Å²) in [5.41, 5.74) is 0.784.